The molecule has 0 bridgehead atoms. The van der Waals surface area contributed by atoms with E-state index in [0.29, 0.717) is 0 Å². The van der Waals surface area contributed by atoms with Crippen molar-refractivity contribution in [1.82, 2.24) is 0 Å². The molecule has 0 saturated carbocycles. The van der Waals surface area contributed by atoms with Crippen molar-refractivity contribution in [2.45, 2.75) is 6.42 Å². The first-order valence-corrected chi connectivity index (χ1v) is 6.32. The number of carbonyl (C=O) groups is 1. The van der Waals surface area contributed by atoms with Gasteiger partial charge in [-0.2, -0.15) is 0 Å². The number of primary amides is 1. The molecule has 8 heteroatoms. The number of carbonyl (C=O) groups excluding carboxylic acids is 1. The number of hydrogen-bond acceptors (Lipinski definition) is 3. The molecule has 0 spiro atoms. The fourth-order valence-electron chi connectivity index (χ4n) is 1.21. The van der Waals surface area contributed by atoms with Crippen molar-refractivity contribution in [1.29, 1.82) is 0 Å². The molecule has 0 unspecified atom stereocenters. The maximum atomic E-state index is 13.4. The highest BCUT2D eigenvalue weighted by molar-refractivity contribution is 7.92. The number of rotatable bonds is 4. The quantitative estimate of drug-likeness (QED) is 0.823. The molecule has 1 aromatic carbocycles. The van der Waals surface area contributed by atoms with Gasteiger partial charge >= 0.3 is 0 Å². The summed E-state index contributed by atoms with van der Waals surface area (Å²) in [7, 11) is -3.78. The summed E-state index contributed by atoms with van der Waals surface area (Å²) in [6.45, 7) is 0. The van der Waals surface area contributed by atoms with Crippen LogP contribution in [0.4, 0.5) is 14.5 Å². The largest absolute Gasteiger partial charge is 0.369 e. The van der Waals surface area contributed by atoms with E-state index >= 15 is 0 Å². The number of amides is 1. The molecule has 0 fully saturated rings. The van der Waals surface area contributed by atoms with Crippen molar-refractivity contribution in [2.24, 2.45) is 5.73 Å². The Kier molecular flexibility index (Phi) is 3.66. The van der Waals surface area contributed by atoms with E-state index in [4.69, 9.17) is 5.73 Å². The number of halogens is 2. The normalized spacial score (nSPS) is 11.2. The smallest absolute Gasteiger partial charge is 0.230 e. The Morgan fingerprint density at radius 3 is 2.18 bits per heavy atom. The van der Waals surface area contributed by atoms with E-state index in [1.165, 1.54) is 0 Å². The molecule has 0 aliphatic carbocycles. The topological polar surface area (TPSA) is 89.3 Å². The Bertz CT molecular complexity index is 534. The van der Waals surface area contributed by atoms with Crippen LogP contribution in [0, 0.1) is 11.6 Å². The van der Waals surface area contributed by atoms with Gasteiger partial charge in [-0.3, -0.25) is 9.52 Å². The van der Waals surface area contributed by atoms with E-state index in [9.17, 15) is 22.0 Å². The van der Waals surface area contributed by atoms with Gasteiger partial charge in [-0.25, -0.2) is 17.2 Å². The Hall–Kier alpha value is -1.70. The van der Waals surface area contributed by atoms with Gasteiger partial charge in [0.2, 0.25) is 15.9 Å². The number of hydrogen-bond donors (Lipinski definition) is 2. The summed E-state index contributed by atoms with van der Waals surface area (Å²) >= 11 is 0. The Morgan fingerprint density at radius 1 is 1.35 bits per heavy atom. The monoisotopic (exact) mass is 264 g/mol. The van der Waals surface area contributed by atoms with Gasteiger partial charge in [-0.05, 0) is 17.7 Å². The fourth-order valence-corrected chi connectivity index (χ4v) is 1.78. The minimum absolute atomic E-state index is 0.0338. The molecule has 17 heavy (non-hydrogen) atoms. The molecule has 1 aromatic rings. The molecule has 1 amide bonds. The average Bonchev–Trinajstić information content (AvgIpc) is 2.08. The Labute approximate surface area is 96.7 Å². The van der Waals surface area contributed by atoms with Crippen molar-refractivity contribution < 1.29 is 22.0 Å². The van der Waals surface area contributed by atoms with E-state index in [0.717, 1.165) is 18.4 Å². The molecule has 0 radical (unpaired) electrons. The molecule has 0 aromatic heterocycles. The number of benzene rings is 1. The van der Waals surface area contributed by atoms with Crippen LogP contribution < -0.4 is 10.5 Å². The zero-order valence-electron chi connectivity index (χ0n) is 8.83. The van der Waals surface area contributed by atoms with Gasteiger partial charge in [0.1, 0.15) is 5.69 Å². The number of anilines is 1. The lowest BCUT2D eigenvalue weighted by Gasteiger charge is -2.08. The van der Waals surface area contributed by atoms with Gasteiger partial charge in [0, 0.05) is 0 Å². The van der Waals surface area contributed by atoms with Crippen LogP contribution in [-0.2, 0) is 21.2 Å². The molecular formula is C9H10F2N2O3S. The standard InChI is InChI=1S/C9H10F2N2O3S/c1-17(15,16)13-9-6(10)2-5(3-7(9)11)4-8(12)14/h2-3,13H,4H2,1H3,(H2,12,14). The summed E-state index contributed by atoms with van der Waals surface area (Å²) in [5.74, 6) is -2.95. The van der Waals surface area contributed by atoms with Gasteiger partial charge in [0.25, 0.3) is 0 Å². The molecule has 3 N–H and O–H groups in total. The van der Waals surface area contributed by atoms with Crippen LogP contribution >= 0.6 is 0 Å². The SMILES string of the molecule is CS(=O)(=O)Nc1c(F)cc(CC(N)=O)cc1F. The molecule has 1 rings (SSSR count). The second-order valence-corrected chi connectivity index (χ2v) is 5.20. The van der Waals surface area contributed by atoms with Gasteiger partial charge in [-0.15, -0.1) is 0 Å². The molecule has 0 aliphatic rings. The lowest BCUT2D eigenvalue weighted by molar-refractivity contribution is -0.117. The van der Waals surface area contributed by atoms with E-state index in [1.54, 1.807) is 4.72 Å². The summed E-state index contributed by atoms with van der Waals surface area (Å²) in [5.41, 5.74) is 4.13. The van der Waals surface area contributed by atoms with Crippen molar-refractivity contribution >= 4 is 21.6 Å². The van der Waals surface area contributed by atoms with Crippen molar-refractivity contribution in [3.63, 3.8) is 0 Å². The lowest BCUT2D eigenvalue weighted by atomic mass is 10.1. The lowest BCUT2D eigenvalue weighted by Crippen LogP contribution is -2.16. The Morgan fingerprint density at radius 2 is 1.82 bits per heavy atom. The van der Waals surface area contributed by atoms with E-state index in [2.05, 4.69) is 0 Å². The van der Waals surface area contributed by atoms with Gasteiger partial charge in [-0.1, -0.05) is 0 Å². The van der Waals surface area contributed by atoms with Gasteiger partial charge in [0.15, 0.2) is 11.6 Å². The van der Waals surface area contributed by atoms with Crippen molar-refractivity contribution in [3.05, 3.63) is 29.3 Å². The summed E-state index contributed by atoms with van der Waals surface area (Å²) in [4.78, 5) is 10.6. The van der Waals surface area contributed by atoms with Crippen LogP contribution in [0.5, 0.6) is 0 Å². The molecule has 0 saturated heterocycles. The number of nitrogens with one attached hydrogen (secondary N) is 1. The summed E-state index contributed by atoms with van der Waals surface area (Å²) in [6.07, 6.45) is 0.441. The fraction of sp³-hybridized carbons (Fsp3) is 0.222. The van der Waals surface area contributed by atoms with E-state index < -0.39 is 33.3 Å². The van der Waals surface area contributed by atoms with Crippen LogP contribution in [0.1, 0.15) is 5.56 Å². The minimum Gasteiger partial charge on any atom is -0.369 e. The van der Waals surface area contributed by atoms with E-state index in [-0.39, 0.29) is 12.0 Å². The average molecular weight is 264 g/mol. The summed E-state index contributed by atoms with van der Waals surface area (Å²) in [5, 5.41) is 0. The third kappa shape index (κ3) is 3.99. The van der Waals surface area contributed by atoms with Crippen molar-refractivity contribution in [3.8, 4) is 0 Å². The number of nitrogens with two attached hydrogens (primary N) is 1. The minimum atomic E-state index is -3.78. The van der Waals surface area contributed by atoms with Crippen LogP contribution in [0.3, 0.4) is 0 Å². The van der Waals surface area contributed by atoms with Crippen LogP contribution in [0.15, 0.2) is 12.1 Å². The molecule has 5 nitrogen and oxygen atoms in total. The molecule has 0 heterocycles. The molecule has 0 aliphatic heterocycles. The first kappa shape index (κ1) is 13.4. The highest BCUT2D eigenvalue weighted by Crippen LogP contribution is 2.21. The third-order valence-electron chi connectivity index (χ3n) is 1.77. The van der Waals surface area contributed by atoms with Gasteiger partial charge in [0.05, 0.1) is 12.7 Å². The molecular weight excluding hydrogens is 254 g/mol. The predicted octanol–water partition coefficient (Wildman–Crippen LogP) is 0.364. The Balaban J connectivity index is 3.15. The highest BCUT2D eigenvalue weighted by Gasteiger charge is 2.15. The number of sulfonamides is 1. The molecule has 0 atom stereocenters. The zero-order chi connectivity index (χ0) is 13.2. The highest BCUT2D eigenvalue weighted by atomic mass is 32.2. The zero-order valence-corrected chi connectivity index (χ0v) is 9.64. The van der Waals surface area contributed by atoms with Crippen LogP contribution in [-0.4, -0.2) is 20.6 Å². The first-order valence-electron chi connectivity index (χ1n) is 4.43. The second kappa shape index (κ2) is 4.66. The first-order chi connectivity index (χ1) is 7.69. The maximum absolute atomic E-state index is 13.4. The van der Waals surface area contributed by atoms with E-state index in [1.807, 2.05) is 0 Å². The summed E-state index contributed by atoms with van der Waals surface area (Å²) < 4.78 is 50.1. The molecule has 94 valence electrons. The van der Waals surface area contributed by atoms with Gasteiger partial charge < -0.3 is 5.73 Å². The van der Waals surface area contributed by atoms with Crippen molar-refractivity contribution in [2.75, 3.05) is 11.0 Å². The third-order valence-corrected chi connectivity index (χ3v) is 2.34. The second-order valence-electron chi connectivity index (χ2n) is 3.45. The predicted molar refractivity (Wildman–Crippen MR) is 57.7 cm³/mol. The van der Waals surface area contributed by atoms with Crippen LogP contribution in [0.25, 0.3) is 0 Å². The maximum Gasteiger partial charge on any atom is 0.230 e. The van der Waals surface area contributed by atoms with Crippen LogP contribution in [0.2, 0.25) is 0 Å². The summed E-state index contributed by atoms with van der Waals surface area (Å²) in [6, 6.07) is 1.70.